The van der Waals surface area contributed by atoms with Crippen molar-refractivity contribution in [2.24, 2.45) is 0 Å². The summed E-state index contributed by atoms with van der Waals surface area (Å²) in [6, 6.07) is 7.27. The molecular formula is C12H15ClFNO. The quantitative estimate of drug-likeness (QED) is 0.792. The van der Waals surface area contributed by atoms with Crippen LogP contribution in [0.15, 0.2) is 24.3 Å². The van der Waals surface area contributed by atoms with Crippen LogP contribution in [0.5, 0.6) is 0 Å². The summed E-state index contributed by atoms with van der Waals surface area (Å²) in [5.74, 6) is -0.842. The fourth-order valence-electron chi connectivity index (χ4n) is 1.25. The number of amides is 1. The van der Waals surface area contributed by atoms with Gasteiger partial charge in [-0.25, -0.2) is 4.39 Å². The number of hydrogen-bond acceptors (Lipinski definition) is 1. The van der Waals surface area contributed by atoms with Gasteiger partial charge in [-0.15, -0.1) is 0 Å². The summed E-state index contributed by atoms with van der Waals surface area (Å²) in [6.07, 6.45) is 0. The minimum atomic E-state index is -2.01. The minimum Gasteiger partial charge on any atom is -0.322 e. The van der Waals surface area contributed by atoms with Crippen molar-refractivity contribution in [2.75, 3.05) is 5.32 Å². The van der Waals surface area contributed by atoms with Gasteiger partial charge in [0.25, 0.3) is 11.5 Å². The SMILES string of the molecule is CC(C)(C)c1ccc(NC(=O)C(F)Cl)cc1. The third kappa shape index (κ3) is 3.49. The first-order valence-electron chi connectivity index (χ1n) is 5.00. The number of carbonyl (C=O) groups excluding carboxylic acids is 1. The lowest BCUT2D eigenvalue weighted by Crippen LogP contribution is -2.19. The van der Waals surface area contributed by atoms with Gasteiger partial charge in [-0.05, 0) is 23.1 Å². The molecule has 0 fully saturated rings. The molecular weight excluding hydrogens is 229 g/mol. The van der Waals surface area contributed by atoms with Gasteiger partial charge in [-0.1, -0.05) is 44.5 Å². The first-order valence-corrected chi connectivity index (χ1v) is 5.44. The van der Waals surface area contributed by atoms with E-state index < -0.39 is 11.5 Å². The Morgan fingerprint density at radius 1 is 1.31 bits per heavy atom. The van der Waals surface area contributed by atoms with Crippen molar-refractivity contribution in [3.05, 3.63) is 29.8 Å². The molecule has 88 valence electrons. The average Bonchev–Trinajstić information content (AvgIpc) is 2.17. The molecule has 0 aliphatic heterocycles. The van der Waals surface area contributed by atoms with E-state index in [0.717, 1.165) is 5.56 Å². The first-order chi connectivity index (χ1) is 7.30. The van der Waals surface area contributed by atoms with Crippen LogP contribution in [0.4, 0.5) is 10.1 Å². The molecule has 0 heterocycles. The molecule has 16 heavy (non-hydrogen) atoms. The van der Waals surface area contributed by atoms with Crippen molar-refractivity contribution in [3.63, 3.8) is 0 Å². The van der Waals surface area contributed by atoms with Gasteiger partial charge in [0.2, 0.25) is 0 Å². The number of nitrogens with one attached hydrogen (secondary N) is 1. The summed E-state index contributed by atoms with van der Waals surface area (Å²) in [5, 5.41) is 2.37. The fraction of sp³-hybridized carbons (Fsp3) is 0.417. The number of rotatable bonds is 2. The number of carbonyl (C=O) groups is 1. The zero-order valence-corrected chi connectivity index (χ0v) is 10.3. The van der Waals surface area contributed by atoms with Gasteiger partial charge in [0, 0.05) is 5.69 Å². The summed E-state index contributed by atoms with van der Waals surface area (Å²) < 4.78 is 12.4. The van der Waals surface area contributed by atoms with E-state index in [2.05, 4.69) is 26.1 Å². The Labute approximate surface area is 99.8 Å². The standard InChI is InChI=1S/C12H15ClFNO/c1-12(2,3)8-4-6-9(7-5-8)15-11(16)10(13)14/h4-7,10H,1-3H3,(H,15,16). The van der Waals surface area contributed by atoms with E-state index in [-0.39, 0.29) is 5.41 Å². The largest absolute Gasteiger partial charge is 0.322 e. The summed E-state index contributed by atoms with van der Waals surface area (Å²) in [4.78, 5) is 11.0. The molecule has 0 radical (unpaired) electrons. The van der Waals surface area contributed by atoms with Crippen molar-refractivity contribution in [3.8, 4) is 0 Å². The van der Waals surface area contributed by atoms with Crippen LogP contribution in [-0.4, -0.2) is 11.5 Å². The van der Waals surface area contributed by atoms with Gasteiger partial charge in [0.1, 0.15) is 0 Å². The lowest BCUT2D eigenvalue weighted by Gasteiger charge is -2.19. The number of benzene rings is 1. The third-order valence-electron chi connectivity index (χ3n) is 2.22. The lowest BCUT2D eigenvalue weighted by atomic mass is 9.87. The minimum absolute atomic E-state index is 0.0532. The van der Waals surface area contributed by atoms with E-state index in [0.29, 0.717) is 5.69 Å². The second-order valence-corrected chi connectivity index (χ2v) is 5.00. The highest BCUT2D eigenvalue weighted by molar-refractivity contribution is 6.31. The topological polar surface area (TPSA) is 29.1 Å². The van der Waals surface area contributed by atoms with E-state index in [1.54, 1.807) is 12.1 Å². The molecule has 0 saturated carbocycles. The molecule has 1 atom stereocenters. The van der Waals surface area contributed by atoms with Gasteiger partial charge in [-0.3, -0.25) is 4.79 Å². The molecule has 0 bridgehead atoms. The maximum absolute atomic E-state index is 12.4. The van der Waals surface area contributed by atoms with Crippen LogP contribution in [0.1, 0.15) is 26.3 Å². The van der Waals surface area contributed by atoms with Crippen LogP contribution < -0.4 is 5.32 Å². The summed E-state index contributed by atoms with van der Waals surface area (Å²) >= 11 is 5.00. The molecule has 1 rings (SSSR count). The number of alkyl halides is 2. The van der Waals surface area contributed by atoms with E-state index in [4.69, 9.17) is 11.6 Å². The van der Waals surface area contributed by atoms with Crippen LogP contribution in [0, 0.1) is 0 Å². The van der Waals surface area contributed by atoms with E-state index >= 15 is 0 Å². The molecule has 0 spiro atoms. The molecule has 1 aromatic carbocycles. The Hall–Kier alpha value is -1.09. The molecule has 0 aromatic heterocycles. The predicted molar refractivity (Wildman–Crippen MR) is 64.5 cm³/mol. The molecule has 0 aliphatic rings. The second kappa shape index (κ2) is 4.83. The molecule has 1 amide bonds. The monoisotopic (exact) mass is 243 g/mol. The van der Waals surface area contributed by atoms with Crippen LogP contribution in [0.3, 0.4) is 0 Å². The smallest absolute Gasteiger partial charge is 0.274 e. The van der Waals surface area contributed by atoms with Crippen molar-refractivity contribution in [2.45, 2.75) is 31.8 Å². The molecule has 4 heteroatoms. The van der Waals surface area contributed by atoms with E-state index in [9.17, 15) is 9.18 Å². The van der Waals surface area contributed by atoms with Crippen molar-refractivity contribution in [1.29, 1.82) is 0 Å². The molecule has 0 aliphatic carbocycles. The van der Waals surface area contributed by atoms with Crippen LogP contribution in [0.2, 0.25) is 0 Å². The zero-order chi connectivity index (χ0) is 12.3. The highest BCUT2D eigenvalue weighted by atomic mass is 35.5. The maximum Gasteiger partial charge on any atom is 0.274 e. The lowest BCUT2D eigenvalue weighted by molar-refractivity contribution is -0.118. The van der Waals surface area contributed by atoms with Gasteiger partial charge < -0.3 is 5.32 Å². The Bertz CT molecular complexity index is 368. The first kappa shape index (κ1) is 13.0. The Balaban J connectivity index is 2.76. The number of halogens is 2. The van der Waals surface area contributed by atoms with E-state index in [1.165, 1.54) is 0 Å². The van der Waals surface area contributed by atoms with Crippen molar-refractivity contribution in [1.82, 2.24) is 0 Å². The highest BCUT2D eigenvalue weighted by Gasteiger charge is 2.15. The molecule has 0 saturated heterocycles. The normalized spacial score (nSPS) is 13.3. The van der Waals surface area contributed by atoms with Gasteiger partial charge >= 0.3 is 0 Å². The summed E-state index contributed by atoms with van der Waals surface area (Å²) in [5.41, 5.74) is -0.269. The average molecular weight is 244 g/mol. The van der Waals surface area contributed by atoms with E-state index in [1.807, 2.05) is 12.1 Å². The second-order valence-electron chi connectivity index (χ2n) is 4.62. The fourth-order valence-corrected chi connectivity index (χ4v) is 1.30. The highest BCUT2D eigenvalue weighted by Crippen LogP contribution is 2.23. The number of anilines is 1. The van der Waals surface area contributed by atoms with Crippen LogP contribution in [-0.2, 0) is 10.2 Å². The van der Waals surface area contributed by atoms with Crippen molar-refractivity contribution >= 4 is 23.2 Å². The van der Waals surface area contributed by atoms with Gasteiger partial charge in [-0.2, -0.15) is 0 Å². The predicted octanol–water partition coefficient (Wildman–Crippen LogP) is 3.46. The van der Waals surface area contributed by atoms with Crippen LogP contribution in [0.25, 0.3) is 0 Å². The molecule has 2 nitrogen and oxygen atoms in total. The molecule has 1 aromatic rings. The van der Waals surface area contributed by atoms with Crippen LogP contribution >= 0.6 is 11.6 Å². The van der Waals surface area contributed by atoms with Gasteiger partial charge in [0.15, 0.2) is 0 Å². The van der Waals surface area contributed by atoms with Gasteiger partial charge in [0.05, 0.1) is 0 Å². The summed E-state index contributed by atoms with van der Waals surface area (Å²) in [6.45, 7) is 6.28. The molecule has 1 N–H and O–H groups in total. The Morgan fingerprint density at radius 3 is 2.19 bits per heavy atom. The Morgan fingerprint density at radius 2 is 1.81 bits per heavy atom. The Kier molecular flexibility index (Phi) is 3.92. The third-order valence-corrected chi connectivity index (χ3v) is 2.41. The zero-order valence-electron chi connectivity index (χ0n) is 9.55. The molecule has 1 unspecified atom stereocenters. The maximum atomic E-state index is 12.4. The van der Waals surface area contributed by atoms with Crippen molar-refractivity contribution < 1.29 is 9.18 Å². The number of hydrogen-bond donors (Lipinski definition) is 1. The summed E-state index contributed by atoms with van der Waals surface area (Å²) in [7, 11) is 0.